The van der Waals surface area contributed by atoms with Gasteiger partial charge in [-0.1, -0.05) is 81.1 Å². The fraction of sp³-hybridized carbons (Fsp3) is 0.286. The van der Waals surface area contributed by atoms with Crippen LogP contribution < -0.4 is 9.64 Å². The molecule has 0 fully saturated rings. The molecule has 0 saturated heterocycles. The number of unbranched alkanes of at least 4 members (excludes halogenated alkanes) is 3. The van der Waals surface area contributed by atoms with Gasteiger partial charge in [0.05, 0.1) is 11.4 Å². The lowest BCUT2D eigenvalue weighted by Gasteiger charge is -2.37. The summed E-state index contributed by atoms with van der Waals surface area (Å²) in [6.07, 6.45) is 6.34. The Morgan fingerprint density at radius 2 is 1.20 bits per heavy atom. The van der Waals surface area contributed by atoms with Crippen molar-refractivity contribution in [1.29, 1.82) is 0 Å². The van der Waals surface area contributed by atoms with Crippen molar-refractivity contribution in [2.75, 3.05) is 4.90 Å². The molecule has 0 bridgehead atoms. The number of ether oxygens (including phenoxy) is 1. The first-order valence-corrected chi connectivity index (χ1v) is 11.3. The van der Waals surface area contributed by atoms with E-state index in [0.29, 0.717) is 6.04 Å². The van der Waals surface area contributed by atoms with Crippen LogP contribution in [-0.4, -0.2) is 6.04 Å². The molecule has 4 aromatic rings. The molecule has 5 rings (SSSR count). The van der Waals surface area contributed by atoms with Crippen LogP contribution in [0, 0.1) is 0 Å². The maximum atomic E-state index is 6.48. The van der Waals surface area contributed by atoms with Gasteiger partial charge in [0.25, 0.3) is 0 Å². The predicted molar refractivity (Wildman–Crippen MR) is 128 cm³/mol. The molecule has 0 N–H and O–H groups in total. The van der Waals surface area contributed by atoms with Crippen molar-refractivity contribution in [1.82, 2.24) is 0 Å². The molecule has 0 radical (unpaired) electrons. The van der Waals surface area contributed by atoms with Gasteiger partial charge in [-0.2, -0.15) is 0 Å². The van der Waals surface area contributed by atoms with E-state index in [-0.39, 0.29) is 0 Å². The Kier molecular flexibility index (Phi) is 5.08. The quantitative estimate of drug-likeness (QED) is 0.303. The third-order valence-electron chi connectivity index (χ3n) is 6.31. The second kappa shape index (κ2) is 8.02. The molecular weight excluding hydrogens is 366 g/mol. The van der Waals surface area contributed by atoms with Crippen molar-refractivity contribution < 1.29 is 4.74 Å². The van der Waals surface area contributed by atoms with Crippen molar-refractivity contribution in [3.8, 4) is 11.5 Å². The number of nitrogens with zero attached hydrogens (tertiary/aromatic N) is 1. The van der Waals surface area contributed by atoms with Crippen LogP contribution in [0.4, 0.5) is 11.4 Å². The van der Waals surface area contributed by atoms with Crippen molar-refractivity contribution in [3.05, 3.63) is 72.8 Å². The van der Waals surface area contributed by atoms with E-state index in [0.717, 1.165) is 11.5 Å². The molecule has 0 spiro atoms. The van der Waals surface area contributed by atoms with Crippen LogP contribution in [0.15, 0.2) is 72.8 Å². The fourth-order valence-electron chi connectivity index (χ4n) is 4.67. The topological polar surface area (TPSA) is 12.5 Å². The first-order valence-electron chi connectivity index (χ1n) is 11.3. The highest BCUT2D eigenvalue weighted by Crippen LogP contribution is 2.50. The van der Waals surface area contributed by atoms with E-state index in [1.165, 1.54) is 65.0 Å². The summed E-state index contributed by atoms with van der Waals surface area (Å²) in [5, 5.41) is 4.95. The molecule has 0 aromatic heterocycles. The zero-order valence-electron chi connectivity index (χ0n) is 17.9. The number of hydrogen-bond acceptors (Lipinski definition) is 2. The highest BCUT2D eigenvalue weighted by molar-refractivity contribution is 5.96. The van der Waals surface area contributed by atoms with Gasteiger partial charge >= 0.3 is 0 Å². The van der Waals surface area contributed by atoms with Crippen LogP contribution in [-0.2, 0) is 0 Å². The third-order valence-corrected chi connectivity index (χ3v) is 6.31. The second-order valence-corrected chi connectivity index (χ2v) is 8.50. The van der Waals surface area contributed by atoms with Crippen molar-refractivity contribution in [3.63, 3.8) is 0 Å². The SMILES string of the molecule is CCCCCCC(C)N1c2cc3ccccc3cc2Oc2cc3ccccc3cc21. The summed E-state index contributed by atoms with van der Waals surface area (Å²) in [6.45, 7) is 4.63. The minimum atomic E-state index is 0.408. The van der Waals surface area contributed by atoms with Crippen molar-refractivity contribution >= 4 is 32.9 Å². The van der Waals surface area contributed by atoms with Crippen LogP contribution in [0.5, 0.6) is 11.5 Å². The fourth-order valence-corrected chi connectivity index (χ4v) is 4.67. The Morgan fingerprint density at radius 3 is 1.70 bits per heavy atom. The molecule has 4 aromatic carbocycles. The van der Waals surface area contributed by atoms with E-state index < -0.39 is 0 Å². The summed E-state index contributed by atoms with van der Waals surface area (Å²) >= 11 is 0. The molecule has 30 heavy (non-hydrogen) atoms. The normalized spacial score (nSPS) is 13.7. The molecule has 2 heteroatoms. The Labute approximate surface area is 179 Å². The summed E-state index contributed by atoms with van der Waals surface area (Å²) in [6, 6.07) is 26.5. The first-order chi connectivity index (χ1) is 14.7. The van der Waals surface area contributed by atoms with Gasteiger partial charge in [-0.3, -0.25) is 0 Å². The minimum Gasteiger partial charge on any atom is -0.453 e. The standard InChI is InChI=1S/C28H29NO/c1-3-4-5-6-11-20(2)29-25-16-21-12-7-9-14-23(21)18-27(25)30-28-19-24-15-10-8-13-22(24)17-26(28)29/h7-10,12-20H,3-6,11H2,1-2H3. The zero-order chi connectivity index (χ0) is 20.5. The molecule has 1 atom stereocenters. The smallest absolute Gasteiger partial charge is 0.151 e. The monoisotopic (exact) mass is 395 g/mol. The van der Waals surface area contributed by atoms with E-state index in [2.05, 4.69) is 91.5 Å². The Morgan fingerprint density at radius 1 is 0.700 bits per heavy atom. The summed E-state index contributed by atoms with van der Waals surface area (Å²) in [7, 11) is 0. The second-order valence-electron chi connectivity index (χ2n) is 8.50. The number of hydrogen-bond donors (Lipinski definition) is 0. The lowest BCUT2D eigenvalue weighted by molar-refractivity contribution is 0.464. The summed E-state index contributed by atoms with van der Waals surface area (Å²) in [4.78, 5) is 2.51. The largest absolute Gasteiger partial charge is 0.453 e. The lowest BCUT2D eigenvalue weighted by Crippen LogP contribution is -2.30. The molecule has 1 aliphatic rings. The van der Waals surface area contributed by atoms with E-state index in [9.17, 15) is 0 Å². The summed E-state index contributed by atoms with van der Waals surface area (Å²) in [5.41, 5.74) is 2.36. The van der Waals surface area contributed by atoms with Gasteiger partial charge in [0.2, 0.25) is 0 Å². The number of anilines is 2. The van der Waals surface area contributed by atoms with Crippen LogP contribution in [0.3, 0.4) is 0 Å². The predicted octanol–water partition coefficient (Wildman–Crippen LogP) is 8.60. The van der Waals surface area contributed by atoms with Crippen LogP contribution >= 0.6 is 0 Å². The van der Waals surface area contributed by atoms with E-state index in [4.69, 9.17) is 4.74 Å². The molecular formula is C28H29NO. The molecule has 0 amide bonds. The average Bonchev–Trinajstić information content (AvgIpc) is 2.77. The number of rotatable bonds is 6. The molecule has 152 valence electrons. The maximum Gasteiger partial charge on any atom is 0.151 e. The number of fused-ring (bicyclic) bond motifs is 4. The van der Waals surface area contributed by atoms with E-state index in [1.54, 1.807) is 0 Å². The molecule has 2 nitrogen and oxygen atoms in total. The Balaban J connectivity index is 1.62. The molecule has 0 aliphatic carbocycles. The van der Waals surface area contributed by atoms with Gasteiger partial charge < -0.3 is 9.64 Å². The molecule has 1 heterocycles. The maximum absolute atomic E-state index is 6.48. The molecule has 0 saturated carbocycles. The third kappa shape index (κ3) is 3.41. The average molecular weight is 396 g/mol. The molecule has 1 aliphatic heterocycles. The van der Waals surface area contributed by atoms with Gasteiger partial charge in [0.15, 0.2) is 11.5 Å². The van der Waals surface area contributed by atoms with Gasteiger partial charge in [-0.15, -0.1) is 0 Å². The van der Waals surface area contributed by atoms with Crippen LogP contribution in [0.2, 0.25) is 0 Å². The van der Waals surface area contributed by atoms with Crippen LogP contribution in [0.1, 0.15) is 46.0 Å². The van der Waals surface area contributed by atoms with Gasteiger partial charge in [-0.05, 0) is 59.2 Å². The minimum absolute atomic E-state index is 0.408. The first kappa shape index (κ1) is 19.0. The lowest BCUT2D eigenvalue weighted by atomic mass is 10.0. The molecule has 1 unspecified atom stereocenters. The number of benzene rings is 4. The van der Waals surface area contributed by atoms with Crippen LogP contribution in [0.25, 0.3) is 21.5 Å². The summed E-state index contributed by atoms with van der Waals surface area (Å²) in [5.74, 6) is 1.91. The highest BCUT2D eigenvalue weighted by atomic mass is 16.5. The Hall–Kier alpha value is -3.00. The van der Waals surface area contributed by atoms with Gasteiger partial charge in [-0.25, -0.2) is 0 Å². The van der Waals surface area contributed by atoms with Gasteiger partial charge in [0, 0.05) is 6.04 Å². The zero-order valence-corrected chi connectivity index (χ0v) is 17.9. The van der Waals surface area contributed by atoms with Crippen molar-refractivity contribution in [2.24, 2.45) is 0 Å². The van der Waals surface area contributed by atoms with E-state index >= 15 is 0 Å². The highest BCUT2D eigenvalue weighted by Gasteiger charge is 2.28. The Bertz CT molecular complexity index is 1110. The van der Waals surface area contributed by atoms with Crippen molar-refractivity contribution in [2.45, 2.75) is 52.0 Å². The summed E-state index contributed by atoms with van der Waals surface area (Å²) < 4.78 is 6.48. The van der Waals surface area contributed by atoms with Gasteiger partial charge in [0.1, 0.15) is 0 Å². The van der Waals surface area contributed by atoms with E-state index in [1.807, 2.05) is 0 Å².